The summed E-state index contributed by atoms with van der Waals surface area (Å²) in [6.07, 6.45) is 1.03. The van der Waals surface area contributed by atoms with Crippen LogP contribution < -0.4 is 0 Å². The molecular formula is C17H17BrF2. The van der Waals surface area contributed by atoms with Crippen molar-refractivity contribution in [2.75, 3.05) is 0 Å². The first-order valence-electron chi connectivity index (χ1n) is 6.64. The van der Waals surface area contributed by atoms with Crippen molar-refractivity contribution in [1.29, 1.82) is 0 Å². The van der Waals surface area contributed by atoms with E-state index in [1.807, 2.05) is 12.1 Å². The molecule has 3 heteroatoms. The van der Waals surface area contributed by atoms with Crippen LogP contribution in [0.25, 0.3) is 0 Å². The van der Waals surface area contributed by atoms with Crippen LogP contribution in [0.15, 0.2) is 42.5 Å². The maximum Gasteiger partial charge on any atom is 0.126 e. The van der Waals surface area contributed by atoms with Crippen LogP contribution in [0, 0.1) is 17.6 Å². The third kappa shape index (κ3) is 3.89. The first-order chi connectivity index (χ1) is 9.45. The second-order valence-electron chi connectivity index (χ2n) is 5.40. The molecule has 0 radical (unpaired) electrons. The lowest BCUT2D eigenvalue weighted by Gasteiger charge is -2.12. The normalized spacial score (nSPS) is 12.7. The summed E-state index contributed by atoms with van der Waals surface area (Å²) in [5.74, 6) is -0.500. The number of hydrogen-bond donors (Lipinski definition) is 0. The van der Waals surface area contributed by atoms with Gasteiger partial charge in [-0.2, -0.15) is 0 Å². The third-order valence-electron chi connectivity index (χ3n) is 3.09. The van der Waals surface area contributed by atoms with Gasteiger partial charge >= 0.3 is 0 Å². The fourth-order valence-electron chi connectivity index (χ4n) is 2.21. The summed E-state index contributed by atoms with van der Waals surface area (Å²) in [5.41, 5.74) is 2.84. The van der Waals surface area contributed by atoms with E-state index >= 15 is 0 Å². The Hall–Kier alpha value is -1.22. The molecule has 0 aromatic heterocycles. The van der Waals surface area contributed by atoms with Crippen LogP contribution >= 0.6 is 15.9 Å². The molecule has 1 unspecified atom stereocenters. The Morgan fingerprint density at radius 1 is 0.900 bits per heavy atom. The van der Waals surface area contributed by atoms with Crippen molar-refractivity contribution >= 4 is 15.9 Å². The Labute approximate surface area is 127 Å². The highest BCUT2D eigenvalue weighted by atomic mass is 79.9. The third-order valence-corrected chi connectivity index (χ3v) is 4.15. The number of benzene rings is 2. The molecule has 20 heavy (non-hydrogen) atoms. The molecule has 0 aliphatic carbocycles. The molecule has 0 N–H and O–H groups in total. The van der Waals surface area contributed by atoms with Gasteiger partial charge in [0.25, 0.3) is 0 Å². The molecule has 0 nitrogen and oxygen atoms in total. The monoisotopic (exact) mass is 338 g/mol. The Balaban J connectivity index is 2.22. The van der Waals surface area contributed by atoms with E-state index in [1.165, 1.54) is 17.7 Å². The Morgan fingerprint density at radius 3 is 1.95 bits per heavy atom. The molecule has 2 aromatic carbocycles. The second-order valence-corrected chi connectivity index (χ2v) is 6.32. The smallest absolute Gasteiger partial charge is 0.126 e. The molecule has 0 fully saturated rings. The van der Waals surface area contributed by atoms with Crippen LogP contribution in [0.2, 0.25) is 0 Å². The summed E-state index contributed by atoms with van der Waals surface area (Å²) >= 11 is 3.50. The Bertz CT molecular complexity index is 556. The summed E-state index contributed by atoms with van der Waals surface area (Å²) in [6, 6.07) is 11.7. The van der Waals surface area contributed by atoms with Gasteiger partial charge in [-0.15, -0.1) is 0 Å². The van der Waals surface area contributed by atoms with Gasteiger partial charge in [-0.25, -0.2) is 8.78 Å². The molecule has 0 aliphatic rings. The second kappa shape index (κ2) is 6.49. The molecule has 0 bridgehead atoms. The van der Waals surface area contributed by atoms with E-state index < -0.39 is 11.6 Å². The summed E-state index contributed by atoms with van der Waals surface area (Å²) < 4.78 is 26.5. The zero-order chi connectivity index (χ0) is 14.7. The molecule has 0 saturated carbocycles. The zero-order valence-corrected chi connectivity index (χ0v) is 13.1. The molecule has 106 valence electrons. The number of hydrogen-bond acceptors (Lipinski definition) is 0. The van der Waals surface area contributed by atoms with E-state index in [4.69, 9.17) is 0 Å². The predicted octanol–water partition coefficient (Wildman–Crippen LogP) is 5.65. The summed E-state index contributed by atoms with van der Waals surface area (Å²) in [4.78, 5) is -0.208. The minimum Gasteiger partial charge on any atom is -0.207 e. The molecule has 2 aromatic rings. The molecule has 0 spiro atoms. The van der Waals surface area contributed by atoms with E-state index in [2.05, 4.69) is 41.9 Å². The summed E-state index contributed by atoms with van der Waals surface area (Å²) in [7, 11) is 0. The summed E-state index contributed by atoms with van der Waals surface area (Å²) in [6.45, 7) is 4.35. The van der Waals surface area contributed by atoms with Crippen LogP contribution in [0.3, 0.4) is 0 Å². The fourth-order valence-corrected chi connectivity index (χ4v) is 2.78. The van der Waals surface area contributed by atoms with Gasteiger partial charge in [0.05, 0.1) is 4.83 Å². The first kappa shape index (κ1) is 15.2. The standard InChI is InChI=1S/C17H17BrF2/c1-11(2)7-12-3-5-13(6-4-12)17(18)14-8-15(19)10-16(20)9-14/h3-6,8-11,17H,7H2,1-2H3. The number of halogens is 3. The van der Waals surface area contributed by atoms with Crippen LogP contribution in [0.5, 0.6) is 0 Å². The van der Waals surface area contributed by atoms with E-state index in [0.29, 0.717) is 11.5 Å². The molecular weight excluding hydrogens is 322 g/mol. The highest BCUT2D eigenvalue weighted by molar-refractivity contribution is 9.09. The van der Waals surface area contributed by atoms with E-state index in [9.17, 15) is 8.78 Å². The van der Waals surface area contributed by atoms with E-state index in [0.717, 1.165) is 18.1 Å². The van der Waals surface area contributed by atoms with Gasteiger partial charge in [-0.1, -0.05) is 54.0 Å². The highest BCUT2D eigenvalue weighted by Gasteiger charge is 2.12. The largest absolute Gasteiger partial charge is 0.207 e. The van der Waals surface area contributed by atoms with Crippen LogP contribution in [0.1, 0.15) is 35.4 Å². The maximum atomic E-state index is 13.3. The predicted molar refractivity (Wildman–Crippen MR) is 82.1 cm³/mol. The average Bonchev–Trinajstić information content (AvgIpc) is 2.37. The van der Waals surface area contributed by atoms with Gasteiger partial charge in [0.1, 0.15) is 11.6 Å². The zero-order valence-electron chi connectivity index (χ0n) is 11.5. The topological polar surface area (TPSA) is 0 Å². The van der Waals surface area contributed by atoms with Gasteiger partial charge in [-0.3, -0.25) is 0 Å². The van der Waals surface area contributed by atoms with Crippen molar-refractivity contribution in [3.63, 3.8) is 0 Å². The molecule has 0 amide bonds. The van der Waals surface area contributed by atoms with Crippen LogP contribution in [-0.4, -0.2) is 0 Å². The minimum atomic E-state index is -0.555. The van der Waals surface area contributed by atoms with Gasteiger partial charge in [0.2, 0.25) is 0 Å². The molecule has 1 atom stereocenters. The quantitative estimate of drug-likeness (QED) is 0.632. The molecule has 0 heterocycles. The van der Waals surface area contributed by atoms with Gasteiger partial charge in [-0.05, 0) is 41.2 Å². The summed E-state index contributed by atoms with van der Waals surface area (Å²) in [5, 5.41) is 0. The van der Waals surface area contributed by atoms with Crippen molar-refractivity contribution in [3.8, 4) is 0 Å². The maximum absolute atomic E-state index is 13.3. The highest BCUT2D eigenvalue weighted by Crippen LogP contribution is 2.31. The fraction of sp³-hybridized carbons (Fsp3) is 0.294. The van der Waals surface area contributed by atoms with Crippen LogP contribution in [0.4, 0.5) is 8.78 Å². The van der Waals surface area contributed by atoms with Gasteiger partial charge < -0.3 is 0 Å². The molecule has 0 aliphatic heterocycles. The lowest BCUT2D eigenvalue weighted by molar-refractivity contribution is 0.580. The SMILES string of the molecule is CC(C)Cc1ccc(C(Br)c2cc(F)cc(F)c2)cc1. The number of alkyl halides is 1. The van der Waals surface area contributed by atoms with Crippen molar-refractivity contribution in [1.82, 2.24) is 0 Å². The van der Waals surface area contributed by atoms with Crippen molar-refractivity contribution in [2.45, 2.75) is 25.1 Å². The lowest BCUT2D eigenvalue weighted by atomic mass is 9.99. The molecule has 2 rings (SSSR count). The van der Waals surface area contributed by atoms with Gasteiger partial charge in [0.15, 0.2) is 0 Å². The number of rotatable bonds is 4. The Kier molecular flexibility index (Phi) is 4.92. The first-order valence-corrected chi connectivity index (χ1v) is 7.56. The Morgan fingerprint density at radius 2 is 1.45 bits per heavy atom. The molecule has 0 saturated heterocycles. The lowest BCUT2D eigenvalue weighted by Crippen LogP contribution is -1.97. The van der Waals surface area contributed by atoms with E-state index in [-0.39, 0.29) is 4.83 Å². The van der Waals surface area contributed by atoms with Gasteiger partial charge in [0, 0.05) is 6.07 Å². The van der Waals surface area contributed by atoms with Crippen LogP contribution in [-0.2, 0) is 6.42 Å². The van der Waals surface area contributed by atoms with E-state index in [1.54, 1.807) is 0 Å². The van der Waals surface area contributed by atoms with Crippen molar-refractivity contribution in [2.24, 2.45) is 5.92 Å². The van der Waals surface area contributed by atoms with Crippen molar-refractivity contribution in [3.05, 3.63) is 70.8 Å². The van der Waals surface area contributed by atoms with Crippen molar-refractivity contribution < 1.29 is 8.78 Å². The minimum absolute atomic E-state index is 0.208. The average molecular weight is 339 g/mol.